The van der Waals surface area contributed by atoms with Crippen LogP contribution in [0.25, 0.3) is 16.8 Å². The number of pyridine rings is 1. The van der Waals surface area contributed by atoms with Crippen molar-refractivity contribution in [2.45, 2.75) is 31.5 Å². The Morgan fingerprint density at radius 1 is 1.15 bits per heavy atom. The summed E-state index contributed by atoms with van der Waals surface area (Å²) in [6.07, 6.45) is 3.21. The molecule has 1 saturated heterocycles. The summed E-state index contributed by atoms with van der Waals surface area (Å²) in [6.45, 7) is 2.97. The van der Waals surface area contributed by atoms with Crippen LogP contribution in [0.2, 0.25) is 0 Å². The van der Waals surface area contributed by atoms with Crippen LogP contribution in [-0.2, 0) is 18.4 Å². The van der Waals surface area contributed by atoms with Crippen LogP contribution in [0.15, 0.2) is 48.9 Å². The number of halogens is 3. The Hall–Kier alpha value is -4.13. The maximum atomic E-state index is 10.6. The Morgan fingerprint density at radius 3 is 2.56 bits per heavy atom. The number of hydrogen-bond donors (Lipinski definition) is 1. The molecule has 5 rings (SSSR count). The van der Waals surface area contributed by atoms with Crippen LogP contribution in [0.5, 0.6) is 11.5 Å². The minimum atomic E-state index is -5.08. The van der Waals surface area contributed by atoms with Crippen molar-refractivity contribution in [2.24, 2.45) is 7.05 Å². The third-order valence-corrected chi connectivity index (χ3v) is 6.34. The van der Waals surface area contributed by atoms with E-state index in [0.29, 0.717) is 17.4 Å². The zero-order chi connectivity index (χ0) is 28.2. The van der Waals surface area contributed by atoms with Crippen molar-refractivity contribution in [1.82, 2.24) is 29.3 Å². The van der Waals surface area contributed by atoms with Gasteiger partial charge in [-0.3, -0.25) is 9.58 Å². The summed E-state index contributed by atoms with van der Waals surface area (Å²) in [5.74, 6) is -0.0911. The smallest absolute Gasteiger partial charge is 0.490 e. The number of alkyl halides is 3. The molecule has 3 aromatic heterocycles. The molecule has 0 saturated carbocycles. The fourth-order valence-electron chi connectivity index (χ4n) is 4.57. The Balaban J connectivity index is 0.000000448. The number of aromatic nitrogens is 5. The van der Waals surface area contributed by atoms with Crippen molar-refractivity contribution >= 4 is 11.6 Å². The summed E-state index contributed by atoms with van der Waals surface area (Å²) in [5, 5.41) is 16.3. The first kappa shape index (κ1) is 27.9. The molecule has 1 fully saturated rings. The van der Waals surface area contributed by atoms with Crippen LogP contribution < -0.4 is 9.47 Å². The van der Waals surface area contributed by atoms with Crippen molar-refractivity contribution in [2.75, 3.05) is 27.3 Å². The minimum Gasteiger partial charge on any atom is -0.493 e. The topological polar surface area (TPSA) is 107 Å². The number of piperidine rings is 1. The third-order valence-electron chi connectivity index (χ3n) is 6.34. The van der Waals surface area contributed by atoms with Crippen molar-refractivity contribution < 1.29 is 32.5 Å². The second-order valence-corrected chi connectivity index (χ2v) is 9.13. The van der Waals surface area contributed by atoms with Crippen LogP contribution in [0, 0.1) is 0 Å². The summed E-state index contributed by atoms with van der Waals surface area (Å²) < 4.78 is 46.5. The summed E-state index contributed by atoms with van der Waals surface area (Å²) in [6, 6.07) is 9.96. The molecule has 0 radical (unpaired) electrons. The SMILES string of the molecule is COc1cccc(-c2ccc3nc(C4CCCN(Cc5cnn(C)c5)C4)nn3c2)c1OC.O=C(O)C(F)(F)F. The molecular weight excluding hydrogens is 517 g/mol. The Labute approximate surface area is 222 Å². The number of carboxylic acid groups (broad SMARTS) is 1. The number of carboxylic acids is 1. The van der Waals surface area contributed by atoms with Gasteiger partial charge >= 0.3 is 12.1 Å². The Bertz CT molecular complexity index is 1430. The highest BCUT2D eigenvalue weighted by Gasteiger charge is 2.38. The monoisotopic (exact) mass is 546 g/mol. The van der Waals surface area contributed by atoms with Gasteiger partial charge in [-0.1, -0.05) is 12.1 Å². The number of ether oxygens (including phenoxy) is 2. The summed E-state index contributed by atoms with van der Waals surface area (Å²) in [5.41, 5.74) is 4.07. The van der Waals surface area contributed by atoms with Crippen LogP contribution in [0.3, 0.4) is 0 Å². The molecule has 13 heteroatoms. The van der Waals surface area contributed by atoms with E-state index < -0.39 is 12.1 Å². The molecule has 10 nitrogen and oxygen atoms in total. The third kappa shape index (κ3) is 6.66. The van der Waals surface area contributed by atoms with Crippen LogP contribution in [0.1, 0.15) is 30.1 Å². The van der Waals surface area contributed by atoms with Gasteiger partial charge in [-0.15, -0.1) is 0 Å². The summed E-state index contributed by atoms with van der Waals surface area (Å²) in [7, 11) is 5.27. The Morgan fingerprint density at radius 2 is 1.92 bits per heavy atom. The molecule has 1 aromatic carbocycles. The number of carbonyl (C=O) groups is 1. The predicted molar refractivity (Wildman–Crippen MR) is 136 cm³/mol. The quantitative estimate of drug-likeness (QED) is 0.384. The maximum Gasteiger partial charge on any atom is 0.490 e. The van der Waals surface area contributed by atoms with E-state index in [4.69, 9.17) is 29.5 Å². The average Bonchev–Trinajstić information content (AvgIpc) is 3.53. The first-order chi connectivity index (χ1) is 18.6. The lowest BCUT2D eigenvalue weighted by atomic mass is 9.97. The van der Waals surface area contributed by atoms with Gasteiger partial charge in [0.05, 0.1) is 20.4 Å². The molecule has 0 aliphatic carbocycles. The number of aryl methyl sites for hydroxylation is 1. The van der Waals surface area contributed by atoms with E-state index in [0.717, 1.165) is 55.1 Å². The standard InChI is InChI=1S/C24H28N6O2.C2HF3O2/c1-28-13-17(12-25-28)14-29-11-5-6-19(15-29)24-26-22-10-9-18(16-30(22)27-24)20-7-4-8-21(31-2)23(20)32-3;3-2(4,5)1(6)7/h4,7-10,12-13,16,19H,5-6,11,14-15H2,1-3H3;(H,6,7). The zero-order valence-corrected chi connectivity index (χ0v) is 21.7. The molecule has 208 valence electrons. The number of nitrogens with zero attached hydrogens (tertiary/aromatic N) is 6. The van der Waals surface area contributed by atoms with E-state index >= 15 is 0 Å². The molecule has 0 spiro atoms. The zero-order valence-electron chi connectivity index (χ0n) is 21.7. The number of hydrogen-bond acceptors (Lipinski definition) is 7. The first-order valence-corrected chi connectivity index (χ1v) is 12.2. The van der Waals surface area contributed by atoms with E-state index in [9.17, 15) is 13.2 Å². The Kier molecular flexibility index (Phi) is 8.38. The normalized spacial score (nSPS) is 16.0. The van der Waals surface area contributed by atoms with E-state index in [1.807, 2.05) is 52.9 Å². The first-order valence-electron chi connectivity index (χ1n) is 12.2. The van der Waals surface area contributed by atoms with Gasteiger partial charge in [0.2, 0.25) is 0 Å². The molecular formula is C26H29F3N6O4. The van der Waals surface area contributed by atoms with Gasteiger partial charge in [-0.2, -0.15) is 23.4 Å². The molecule has 4 aromatic rings. The highest BCUT2D eigenvalue weighted by atomic mass is 19.4. The van der Waals surface area contributed by atoms with E-state index in [2.05, 4.69) is 22.3 Å². The lowest BCUT2D eigenvalue weighted by molar-refractivity contribution is -0.192. The molecule has 39 heavy (non-hydrogen) atoms. The molecule has 4 heterocycles. The number of fused-ring (bicyclic) bond motifs is 1. The number of methoxy groups -OCH3 is 2. The van der Waals surface area contributed by atoms with Gasteiger partial charge in [-0.05, 0) is 37.6 Å². The van der Waals surface area contributed by atoms with E-state index in [-0.39, 0.29) is 0 Å². The molecule has 1 unspecified atom stereocenters. The average molecular weight is 547 g/mol. The van der Waals surface area contributed by atoms with Crippen molar-refractivity contribution in [3.8, 4) is 22.6 Å². The van der Waals surface area contributed by atoms with Gasteiger partial charge in [0.25, 0.3) is 0 Å². The number of para-hydroxylation sites is 1. The lowest BCUT2D eigenvalue weighted by Crippen LogP contribution is -2.34. The highest BCUT2D eigenvalue weighted by Crippen LogP contribution is 2.37. The van der Waals surface area contributed by atoms with Gasteiger partial charge in [0.1, 0.15) is 0 Å². The molecule has 0 amide bonds. The van der Waals surface area contributed by atoms with Gasteiger partial charge in [-0.25, -0.2) is 14.3 Å². The van der Waals surface area contributed by atoms with Crippen LogP contribution >= 0.6 is 0 Å². The highest BCUT2D eigenvalue weighted by molar-refractivity contribution is 5.74. The number of rotatable bonds is 6. The number of aliphatic carboxylic acids is 1. The molecule has 1 aliphatic heterocycles. The number of benzene rings is 1. The van der Waals surface area contributed by atoms with Gasteiger partial charge in [0.15, 0.2) is 23.0 Å². The summed E-state index contributed by atoms with van der Waals surface area (Å²) in [4.78, 5) is 16.2. The van der Waals surface area contributed by atoms with E-state index in [1.165, 1.54) is 5.56 Å². The lowest BCUT2D eigenvalue weighted by Gasteiger charge is -2.30. The van der Waals surface area contributed by atoms with Crippen molar-refractivity contribution in [1.29, 1.82) is 0 Å². The van der Waals surface area contributed by atoms with Gasteiger partial charge < -0.3 is 14.6 Å². The molecule has 1 atom stereocenters. The number of likely N-dealkylation sites (tertiary alicyclic amines) is 1. The fraction of sp³-hybridized carbons (Fsp3) is 0.385. The molecule has 0 bridgehead atoms. The maximum absolute atomic E-state index is 10.6. The van der Waals surface area contributed by atoms with Gasteiger partial charge in [0, 0.05) is 55.1 Å². The van der Waals surface area contributed by atoms with Crippen molar-refractivity contribution in [3.05, 3.63) is 60.3 Å². The second kappa shape index (κ2) is 11.7. The minimum absolute atomic E-state index is 0.329. The molecule has 1 N–H and O–H groups in total. The second-order valence-electron chi connectivity index (χ2n) is 9.13. The van der Waals surface area contributed by atoms with E-state index in [1.54, 1.807) is 14.2 Å². The molecule has 1 aliphatic rings. The van der Waals surface area contributed by atoms with Crippen LogP contribution in [-0.4, -0.2) is 73.8 Å². The fourth-order valence-corrected chi connectivity index (χ4v) is 4.57. The predicted octanol–water partition coefficient (Wildman–Crippen LogP) is 4.16. The largest absolute Gasteiger partial charge is 0.493 e. The summed E-state index contributed by atoms with van der Waals surface area (Å²) >= 11 is 0. The van der Waals surface area contributed by atoms with Crippen LogP contribution in [0.4, 0.5) is 13.2 Å². The van der Waals surface area contributed by atoms with Crippen molar-refractivity contribution in [3.63, 3.8) is 0 Å².